The van der Waals surface area contributed by atoms with Gasteiger partial charge in [0.1, 0.15) is 11.8 Å². The van der Waals surface area contributed by atoms with Crippen molar-refractivity contribution in [1.82, 2.24) is 19.4 Å². The third-order valence-corrected chi connectivity index (χ3v) is 8.22. The number of ether oxygens (including phenoxy) is 1. The van der Waals surface area contributed by atoms with E-state index >= 15 is 0 Å². The van der Waals surface area contributed by atoms with Gasteiger partial charge in [-0.05, 0) is 49.7 Å². The quantitative estimate of drug-likeness (QED) is 0.600. The van der Waals surface area contributed by atoms with E-state index in [1.165, 1.54) is 6.07 Å². The van der Waals surface area contributed by atoms with Crippen molar-refractivity contribution in [3.05, 3.63) is 64.0 Å². The number of benzene rings is 1. The van der Waals surface area contributed by atoms with Gasteiger partial charge >= 0.3 is 0 Å². The number of pyridine rings is 2. The summed E-state index contributed by atoms with van der Waals surface area (Å²) in [5.74, 6) is 1.12. The van der Waals surface area contributed by atoms with E-state index in [1.54, 1.807) is 40.7 Å². The van der Waals surface area contributed by atoms with Gasteiger partial charge in [-0.2, -0.15) is 0 Å². The number of rotatable bonds is 5. The third kappa shape index (κ3) is 3.80. The van der Waals surface area contributed by atoms with Gasteiger partial charge in [-0.3, -0.25) is 19.6 Å². The standard InChI is InChI=1S/C25H27FN4O3S/c1-28(12-17-8-22-21(9-27-17)33-14-34-22)19-6-7-29(13-20(19)31)10-16-11-30-23(32)5-3-15-2-4-18(26)24(16)25(15)30/h2-5,8-9,16,19-20,31H,6-7,10-14H2,1H3/t16?,19-,20+/m0/s1. The van der Waals surface area contributed by atoms with E-state index in [0.29, 0.717) is 37.7 Å². The second-order valence-electron chi connectivity index (χ2n) is 9.50. The van der Waals surface area contributed by atoms with Gasteiger partial charge in [0.05, 0.1) is 28.4 Å². The van der Waals surface area contributed by atoms with Crippen LogP contribution in [-0.4, -0.2) is 69.2 Å². The number of likely N-dealkylation sites (tertiary alicyclic amines) is 1. The van der Waals surface area contributed by atoms with E-state index in [9.17, 15) is 14.3 Å². The van der Waals surface area contributed by atoms with Crippen LogP contribution in [0.25, 0.3) is 10.9 Å². The van der Waals surface area contributed by atoms with Crippen molar-refractivity contribution >= 4 is 22.7 Å². The van der Waals surface area contributed by atoms with Crippen molar-refractivity contribution in [2.75, 3.05) is 32.6 Å². The Morgan fingerprint density at radius 2 is 2.15 bits per heavy atom. The molecule has 0 radical (unpaired) electrons. The number of halogens is 1. The van der Waals surface area contributed by atoms with E-state index in [0.717, 1.165) is 40.2 Å². The highest BCUT2D eigenvalue weighted by Crippen LogP contribution is 2.37. The molecule has 3 atom stereocenters. The van der Waals surface area contributed by atoms with Crippen LogP contribution in [0.2, 0.25) is 0 Å². The zero-order valence-electron chi connectivity index (χ0n) is 19.0. The number of piperidine rings is 1. The highest BCUT2D eigenvalue weighted by atomic mass is 32.2. The summed E-state index contributed by atoms with van der Waals surface area (Å²) in [6.07, 6.45) is 2.08. The molecule has 178 valence electrons. The van der Waals surface area contributed by atoms with Crippen molar-refractivity contribution in [2.45, 2.75) is 42.5 Å². The fourth-order valence-corrected chi connectivity index (χ4v) is 6.49. The Bertz CT molecular complexity index is 1320. The molecule has 0 saturated carbocycles. The second kappa shape index (κ2) is 8.64. The van der Waals surface area contributed by atoms with Crippen LogP contribution in [0.1, 0.15) is 23.6 Å². The van der Waals surface area contributed by atoms with Crippen LogP contribution in [0.5, 0.6) is 5.75 Å². The summed E-state index contributed by atoms with van der Waals surface area (Å²) < 4.78 is 22.0. The van der Waals surface area contributed by atoms with Crippen LogP contribution in [0, 0.1) is 5.82 Å². The molecule has 2 aromatic heterocycles. The first-order valence-corrected chi connectivity index (χ1v) is 12.6. The van der Waals surface area contributed by atoms with Crippen molar-refractivity contribution in [3.8, 4) is 5.75 Å². The van der Waals surface area contributed by atoms with Crippen LogP contribution < -0.4 is 10.3 Å². The van der Waals surface area contributed by atoms with Gasteiger partial charge < -0.3 is 14.4 Å². The number of nitrogens with zero attached hydrogens (tertiary/aromatic N) is 4. The predicted octanol–water partition coefficient (Wildman–Crippen LogP) is 2.64. The first kappa shape index (κ1) is 22.0. The molecule has 9 heteroatoms. The molecule has 3 aromatic rings. The number of β-amino-alcohol motifs (C(OH)–C–C–N with tert-alkyl or cyclic N) is 1. The highest BCUT2D eigenvalue weighted by molar-refractivity contribution is 7.99. The molecule has 1 aromatic carbocycles. The average molecular weight is 483 g/mol. The average Bonchev–Trinajstić information content (AvgIpc) is 3.43. The number of thioether (sulfide) groups is 1. The molecule has 5 heterocycles. The van der Waals surface area contributed by atoms with Gasteiger partial charge in [0, 0.05) is 49.8 Å². The van der Waals surface area contributed by atoms with Gasteiger partial charge in [-0.1, -0.05) is 11.8 Å². The van der Waals surface area contributed by atoms with Gasteiger partial charge in [-0.25, -0.2) is 4.39 Å². The monoisotopic (exact) mass is 482 g/mol. The molecule has 6 rings (SSSR count). The molecule has 1 N–H and O–H groups in total. The Kier molecular flexibility index (Phi) is 5.60. The fourth-order valence-electron chi connectivity index (χ4n) is 5.71. The van der Waals surface area contributed by atoms with Crippen molar-refractivity contribution in [2.24, 2.45) is 0 Å². The van der Waals surface area contributed by atoms with Gasteiger partial charge in [0.2, 0.25) is 0 Å². The maximum absolute atomic E-state index is 14.8. The minimum Gasteiger partial charge on any atom is -0.480 e. The third-order valence-electron chi connectivity index (χ3n) is 7.35. The molecule has 34 heavy (non-hydrogen) atoms. The SMILES string of the molecule is CN(Cc1cc2c(cn1)OCS2)[C@H]1CCN(CC2Cn3c(=O)ccc4ccc(F)c2c43)C[C@H]1O. The summed E-state index contributed by atoms with van der Waals surface area (Å²) in [5, 5.41) is 11.9. The molecule has 7 nitrogen and oxygen atoms in total. The highest BCUT2D eigenvalue weighted by Gasteiger charge is 2.35. The molecule has 1 fully saturated rings. The zero-order valence-corrected chi connectivity index (χ0v) is 19.8. The van der Waals surface area contributed by atoms with Crippen LogP contribution >= 0.6 is 11.8 Å². The van der Waals surface area contributed by atoms with Crippen LogP contribution in [0.3, 0.4) is 0 Å². The Balaban J connectivity index is 1.12. The number of hydrogen-bond acceptors (Lipinski definition) is 7. The number of aliphatic hydroxyl groups is 1. The van der Waals surface area contributed by atoms with E-state index < -0.39 is 6.10 Å². The molecule has 0 amide bonds. The lowest BCUT2D eigenvalue weighted by atomic mass is 9.95. The summed E-state index contributed by atoms with van der Waals surface area (Å²) >= 11 is 1.67. The number of fused-ring (bicyclic) bond motifs is 1. The molecule has 1 unspecified atom stereocenters. The molecule has 3 aliphatic rings. The van der Waals surface area contributed by atoms with E-state index in [-0.39, 0.29) is 23.3 Å². The molecule has 0 spiro atoms. The first-order chi connectivity index (χ1) is 16.5. The number of aliphatic hydroxyl groups excluding tert-OH is 1. The predicted molar refractivity (Wildman–Crippen MR) is 129 cm³/mol. The molecular weight excluding hydrogens is 455 g/mol. The number of likely N-dealkylation sites (N-methyl/N-ethyl adjacent to an activating group) is 1. The molecule has 3 aliphatic heterocycles. The van der Waals surface area contributed by atoms with E-state index in [1.807, 2.05) is 7.05 Å². The molecule has 0 aliphatic carbocycles. The minimum atomic E-state index is -0.516. The summed E-state index contributed by atoms with van der Waals surface area (Å²) in [7, 11) is 2.03. The Hall–Kier alpha value is -2.46. The molecule has 0 bridgehead atoms. The van der Waals surface area contributed by atoms with E-state index in [4.69, 9.17) is 4.74 Å². The van der Waals surface area contributed by atoms with Crippen LogP contribution in [0.4, 0.5) is 4.39 Å². The van der Waals surface area contributed by atoms with Crippen molar-refractivity contribution in [3.63, 3.8) is 0 Å². The lowest BCUT2D eigenvalue weighted by Gasteiger charge is -2.41. The first-order valence-electron chi connectivity index (χ1n) is 11.6. The smallest absolute Gasteiger partial charge is 0.251 e. The van der Waals surface area contributed by atoms with Gasteiger partial charge in [0.15, 0.2) is 5.75 Å². The minimum absolute atomic E-state index is 0.0266. The fraction of sp³-hybridized carbons (Fsp3) is 0.440. The summed E-state index contributed by atoms with van der Waals surface area (Å²) in [5.41, 5.74) is 2.23. The second-order valence-corrected chi connectivity index (χ2v) is 10.5. The number of aromatic nitrogens is 2. The van der Waals surface area contributed by atoms with E-state index in [2.05, 4.69) is 20.9 Å². The number of hydrogen-bond donors (Lipinski definition) is 1. The van der Waals surface area contributed by atoms with Crippen molar-refractivity contribution in [1.29, 1.82) is 0 Å². The Morgan fingerprint density at radius 1 is 1.29 bits per heavy atom. The van der Waals surface area contributed by atoms with Crippen LogP contribution in [0.15, 0.2) is 46.2 Å². The Morgan fingerprint density at radius 3 is 3.00 bits per heavy atom. The van der Waals surface area contributed by atoms with Crippen LogP contribution in [-0.2, 0) is 13.1 Å². The summed E-state index contributed by atoms with van der Waals surface area (Å²) in [4.78, 5) is 22.4. The lowest BCUT2D eigenvalue weighted by Crippen LogP contribution is -2.53. The maximum Gasteiger partial charge on any atom is 0.251 e. The normalized spacial score (nSPS) is 24.1. The topological polar surface area (TPSA) is 70.8 Å². The Labute approximate surface area is 201 Å². The van der Waals surface area contributed by atoms with Crippen molar-refractivity contribution < 1.29 is 14.2 Å². The van der Waals surface area contributed by atoms with Gasteiger partial charge in [0.25, 0.3) is 5.56 Å². The zero-order chi connectivity index (χ0) is 23.4. The maximum atomic E-state index is 14.8. The molecule has 1 saturated heterocycles. The molecular formula is C25H27FN4O3S. The van der Waals surface area contributed by atoms with Gasteiger partial charge in [-0.15, -0.1) is 0 Å². The summed E-state index contributed by atoms with van der Waals surface area (Å²) in [6.45, 7) is 3.09. The lowest BCUT2D eigenvalue weighted by molar-refractivity contribution is -0.00883. The summed E-state index contributed by atoms with van der Waals surface area (Å²) in [6, 6.07) is 8.65. The largest absolute Gasteiger partial charge is 0.480 e.